The van der Waals surface area contributed by atoms with Crippen LogP contribution in [-0.4, -0.2) is 30.5 Å². The summed E-state index contributed by atoms with van der Waals surface area (Å²) in [6.45, 7) is 10.6. The average Bonchev–Trinajstić information content (AvgIpc) is 3.16. The zero-order valence-electron chi connectivity index (χ0n) is 19.2. The molecule has 0 N–H and O–H groups in total. The lowest BCUT2D eigenvalue weighted by Gasteiger charge is -2.34. The zero-order chi connectivity index (χ0) is 22.8. The molecule has 5 heteroatoms. The van der Waals surface area contributed by atoms with E-state index in [-0.39, 0.29) is 5.91 Å². The van der Waals surface area contributed by atoms with E-state index in [0.29, 0.717) is 18.4 Å². The first-order chi connectivity index (χ1) is 15.4. The van der Waals surface area contributed by atoms with Crippen LogP contribution < -0.4 is 4.74 Å². The highest BCUT2D eigenvalue weighted by Crippen LogP contribution is 2.38. The van der Waals surface area contributed by atoms with Crippen LogP contribution in [0.4, 0.5) is 0 Å². The van der Waals surface area contributed by atoms with Crippen molar-refractivity contribution in [1.29, 1.82) is 0 Å². The number of hydrogen-bond acceptors (Lipinski definition) is 3. The summed E-state index contributed by atoms with van der Waals surface area (Å²) in [6.07, 6.45) is 4.72. The number of carbonyl (C=O) groups is 1. The van der Waals surface area contributed by atoms with Crippen LogP contribution in [-0.2, 0) is 4.79 Å². The topological polar surface area (TPSA) is 42.7 Å². The van der Waals surface area contributed by atoms with Crippen molar-refractivity contribution in [1.82, 2.24) is 4.90 Å². The van der Waals surface area contributed by atoms with Gasteiger partial charge >= 0.3 is 0 Å². The Balaban J connectivity index is 1.73. The average molecular weight is 496 g/mol. The summed E-state index contributed by atoms with van der Waals surface area (Å²) in [4.78, 5) is 15.0. The van der Waals surface area contributed by atoms with Gasteiger partial charge in [-0.25, -0.2) is 0 Å². The van der Waals surface area contributed by atoms with Crippen LogP contribution >= 0.6 is 15.9 Å². The largest absolute Gasteiger partial charge is 0.493 e. The van der Waals surface area contributed by atoms with Crippen molar-refractivity contribution in [2.75, 3.05) is 19.7 Å². The summed E-state index contributed by atoms with van der Waals surface area (Å²) in [6, 6.07) is 12.2. The smallest absolute Gasteiger partial charge is 0.246 e. The Hall–Kier alpha value is -2.53. The van der Waals surface area contributed by atoms with E-state index in [2.05, 4.69) is 48.0 Å². The molecule has 2 atom stereocenters. The Labute approximate surface area is 198 Å². The van der Waals surface area contributed by atoms with Gasteiger partial charge in [-0.3, -0.25) is 4.79 Å². The van der Waals surface area contributed by atoms with Gasteiger partial charge in [0.05, 0.1) is 12.9 Å². The molecule has 4 rings (SSSR count). The van der Waals surface area contributed by atoms with Gasteiger partial charge in [0.15, 0.2) is 0 Å². The van der Waals surface area contributed by atoms with Crippen LogP contribution in [0, 0.1) is 11.8 Å². The number of amides is 1. The summed E-state index contributed by atoms with van der Waals surface area (Å²) < 4.78 is 12.8. The molecule has 2 heterocycles. The minimum atomic E-state index is 0.0729. The van der Waals surface area contributed by atoms with Crippen LogP contribution in [0.15, 0.2) is 57.6 Å². The third-order valence-electron chi connectivity index (χ3n) is 6.08. The van der Waals surface area contributed by atoms with Crippen LogP contribution in [0.5, 0.6) is 5.75 Å². The number of ether oxygens (including phenoxy) is 1. The summed E-state index contributed by atoms with van der Waals surface area (Å²) >= 11 is 3.50. The molecule has 1 aliphatic heterocycles. The van der Waals surface area contributed by atoms with Crippen molar-refractivity contribution in [3.63, 3.8) is 0 Å². The first-order valence-electron chi connectivity index (χ1n) is 11.3. The number of furan rings is 1. The third kappa shape index (κ3) is 4.78. The van der Waals surface area contributed by atoms with Gasteiger partial charge < -0.3 is 14.1 Å². The second-order valence-electron chi connectivity index (χ2n) is 8.95. The van der Waals surface area contributed by atoms with E-state index in [4.69, 9.17) is 9.15 Å². The van der Waals surface area contributed by atoms with Gasteiger partial charge in [-0.15, -0.1) is 0 Å². The Morgan fingerprint density at radius 3 is 2.53 bits per heavy atom. The molecule has 0 saturated carbocycles. The molecule has 3 aromatic rings. The normalized spacial score (nSPS) is 19.4. The van der Waals surface area contributed by atoms with Crippen molar-refractivity contribution in [2.24, 2.45) is 11.8 Å². The fourth-order valence-electron chi connectivity index (χ4n) is 4.69. The number of rotatable bonds is 5. The molecule has 0 aliphatic carbocycles. The van der Waals surface area contributed by atoms with E-state index in [0.717, 1.165) is 56.5 Å². The van der Waals surface area contributed by atoms with Crippen molar-refractivity contribution in [2.45, 2.75) is 34.1 Å². The number of likely N-dealkylation sites (tertiary alicyclic amines) is 1. The van der Waals surface area contributed by atoms with Crippen LogP contribution in [0.3, 0.4) is 0 Å². The molecule has 0 bridgehead atoms. The van der Waals surface area contributed by atoms with Gasteiger partial charge in [0.25, 0.3) is 0 Å². The van der Waals surface area contributed by atoms with Crippen molar-refractivity contribution in [3.05, 3.63) is 58.8 Å². The van der Waals surface area contributed by atoms with Gasteiger partial charge in [-0.1, -0.05) is 41.9 Å². The Morgan fingerprint density at radius 2 is 1.88 bits per heavy atom. The molecule has 1 fully saturated rings. The third-order valence-corrected chi connectivity index (χ3v) is 6.60. The molecule has 0 spiro atoms. The molecule has 2 aromatic carbocycles. The molecule has 4 nitrogen and oxygen atoms in total. The second kappa shape index (κ2) is 9.53. The predicted octanol–water partition coefficient (Wildman–Crippen LogP) is 7.17. The van der Waals surface area contributed by atoms with Crippen molar-refractivity contribution in [3.8, 4) is 16.9 Å². The quantitative estimate of drug-likeness (QED) is 0.352. The number of halogens is 1. The van der Waals surface area contributed by atoms with Gasteiger partial charge in [-0.05, 0) is 61.4 Å². The second-order valence-corrected chi connectivity index (χ2v) is 9.87. The highest BCUT2D eigenvalue weighted by atomic mass is 79.9. The van der Waals surface area contributed by atoms with Crippen molar-refractivity contribution < 1.29 is 13.9 Å². The molecule has 1 aromatic heterocycles. The first-order valence-corrected chi connectivity index (χ1v) is 12.1. The highest BCUT2D eigenvalue weighted by Gasteiger charge is 2.25. The number of fused-ring (bicyclic) bond motifs is 1. The number of nitrogens with zero attached hydrogens (tertiary/aromatic N) is 1. The Morgan fingerprint density at radius 1 is 1.19 bits per heavy atom. The summed E-state index contributed by atoms with van der Waals surface area (Å²) in [5.41, 5.74) is 4.69. The standard InChI is InChI=1S/C27H30BrNO3/c1-5-31-25-13-26-23(24(16-32-26)20-6-8-21(28)9-7-20)12-22(25)19(4)11-27(30)29-14-17(2)10-18(3)15-29/h6-9,11-13,16-18H,5,10,14-15H2,1-4H3/b19-11+. The molecule has 2 unspecified atom stereocenters. The maximum atomic E-state index is 13.1. The first kappa shape index (κ1) is 22.7. The molecule has 168 valence electrons. The summed E-state index contributed by atoms with van der Waals surface area (Å²) in [5, 5.41) is 1.01. The maximum Gasteiger partial charge on any atom is 0.246 e. The fourth-order valence-corrected chi connectivity index (χ4v) is 4.95. The molecule has 1 aliphatic rings. The van der Waals surface area contributed by atoms with E-state index in [9.17, 15) is 4.79 Å². The highest BCUT2D eigenvalue weighted by molar-refractivity contribution is 9.10. The maximum absolute atomic E-state index is 13.1. The van der Waals surface area contributed by atoms with Gasteiger partial charge in [0.2, 0.25) is 5.91 Å². The number of hydrogen-bond donors (Lipinski definition) is 0. The van der Waals surface area contributed by atoms with E-state index in [1.807, 2.05) is 36.9 Å². The zero-order valence-corrected chi connectivity index (χ0v) is 20.7. The van der Waals surface area contributed by atoms with Gasteiger partial charge in [-0.2, -0.15) is 0 Å². The van der Waals surface area contributed by atoms with E-state index < -0.39 is 0 Å². The van der Waals surface area contributed by atoms with E-state index >= 15 is 0 Å². The number of piperidine rings is 1. The number of allylic oxidation sites excluding steroid dienone is 1. The molecule has 0 radical (unpaired) electrons. The number of carbonyl (C=O) groups excluding carboxylic acids is 1. The van der Waals surface area contributed by atoms with Gasteiger partial charge in [0, 0.05) is 46.2 Å². The lowest BCUT2D eigenvalue weighted by Crippen LogP contribution is -2.41. The van der Waals surface area contributed by atoms with Gasteiger partial charge in [0.1, 0.15) is 11.3 Å². The fraction of sp³-hybridized carbons (Fsp3) is 0.370. The summed E-state index contributed by atoms with van der Waals surface area (Å²) in [7, 11) is 0. The molecular weight excluding hydrogens is 466 g/mol. The predicted molar refractivity (Wildman–Crippen MR) is 134 cm³/mol. The Bertz CT molecular complexity index is 1140. The lowest BCUT2D eigenvalue weighted by molar-refractivity contribution is -0.128. The van der Waals surface area contributed by atoms with Crippen LogP contribution in [0.2, 0.25) is 0 Å². The minimum absolute atomic E-state index is 0.0729. The Kier molecular flexibility index (Phi) is 6.75. The van der Waals surface area contributed by atoms with Crippen LogP contribution in [0.1, 0.15) is 39.7 Å². The molecule has 32 heavy (non-hydrogen) atoms. The van der Waals surface area contributed by atoms with Crippen LogP contribution in [0.25, 0.3) is 27.7 Å². The van der Waals surface area contributed by atoms with E-state index in [1.54, 1.807) is 12.3 Å². The minimum Gasteiger partial charge on any atom is -0.493 e. The lowest BCUT2D eigenvalue weighted by atomic mass is 9.91. The summed E-state index contributed by atoms with van der Waals surface area (Å²) in [5.74, 6) is 1.87. The molecular formula is C27H30BrNO3. The number of benzene rings is 2. The SMILES string of the molecule is CCOc1cc2occ(-c3ccc(Br)cc3)c2cc1/C(C)=C/C(=O)N1CC(C)CC(C)C1. The van der Waals surface area contributed by atoms with E-state index in [1.165, 1.54) is 6.42 Å². The monoisotopic (exact) mass is 495 g/mol. The van der Waals surface area contributed by atoms with Crippen molar-refractivity contribution >= 4 is 38.4 Å². The molecule has 1 saturated heterocycles. The molecule has 1 amide bonds.